The zero-order valence-electron chi connectivity index (χ0n) is 9.53. The van der Waals surface area contributed by atoms with Gasteiger partial charge in [-0.05, 0) is 22.4 Å². The topological polar surface area (TPSA) is 67.4 Å². The van der Waals surface area contributed by atoms with Crippen LogP contribution < -0.4 is 10.6 Å². The number of nitrogens with one attached hydrogen (secondary N) is 2. The van der Waals surface area contributed by atoms with Gasteiger partial charge in [-0.1, -0.05) is 0 Å². The minimum absolute atomic E-state index is 0.0402. The van der Waals surface area contributed by atoms with Crippen molar-refractivity contribution in [1.29, 1.82) is 0 Å². The van der Waals surface area contributed by atoms with Crippen LogP contribution in [0.3, 0.4) is 0 Å². The molecule has 0 saturated carbocycles. The quantitative estimate of drug-likeness (QED) is 0.657. The summed E-state index contributed by atoms with van der Waals surface area (Å²) in [7, 11) is 1.29. The fourth-order valence-corrected chi connectivity index (χ4v) is 2.66. The third-order valence-electron chi connectivity index (χ3n) is 2.57. The fourth-order valence-electron chi connectivity index (χ4n) is 1.76. The molecule has 0 saturated heterocycles. The standard InChI is InChI=1S/C11H11ClN2O3S/c1-17-10(15)8-7(4-12)13-11(16)14-9(8)6-2-3-18-5-6/h2-3,5,9H,4H2,1H3,(H2,13,14,16). The molecular weight excluding hydrogens is 276 g/mol. The largest absolute Gasteiger partial charge is 0.466 e. The van der Waals surface area contributed by atoms with Gasteiger partial charge in [0.1, 0.15) is 0 Å². The summed E-state index contributed by atoms with van der Waals surface area (Å²) in [6.45, 7) is 0. The van der Waals surface area contributed by atoms with Crippen molar-refractivity contribution in [2.24, 2.45) is 0 Å². The maximum atomic E-state index is 11.8. The van der Waals surface area contributed by atoms with Gasteiger partial charge < -0.3 is 15.4 Å². The van der Waals surface area contributed by atoms with E-state index in [2.05, 4.69) is 10.6 Å². The molecule has 5 nitrogen and oxygen atoms in total. The number of hydrogen-bond acceptors (Lipinski definition) is 4. The Morgan fingerprint density at radius 1 is 1.61 bits per heavy atom. The highest BCUT2D eigenvalue weighted by molar-refractivity contribution is 7.08. The van der Waals surface area contributed by atoms with Crippen molar-refractivity contribution in [3.63, 3.8) is 0 Å². The molecule has 2 rings (SSSR count). The first-order valence-electron chi connectivity index (χ1n) is 5.14. The van der Waals surface area contributed by atoms with E-state index in [0.29, 0.717) is 11.3 Å². The van der Waals surface area contributed by atoms with Gasteiger partial charge in [0.25, 0.3) is 0 Å². The second kappa shape index (κ2) is 5.41. The SMILES string of the molecule is COC(=O)C1=C(CCl)NC(=O)NC1c1ccsc1. The Balaban J connectivity index is 2.48. The number of amides is 2. The number of methoxy groups -OCH3 is 1. The van der Waals surface area contributed by atoms with Gasteiger partial charge in [-0.25, -0.2) is 9.59 Å². The second-order valence-electron chi connectivity index (χ2n) is 3.61. The van der Waals surface area contributed by atoms with Gasteiger partial charge in [0.2, 0.25) is 0 Å². The van der Waals surface area contributed by atoms with Crippen LogP contribution in [0.4, 0.5) is 4.79 Å². The Labute approximate surface area is 113 Å². The predicted octanol–water partition coefficient (Wildman–Crippen LogP) is 1.77. The monoisotopic (exact) mass is 286 g/mol. The van der Waals surface area contributed by atoms with Gasteiger partial charge in [-0.2, -0.15) is 11.3 Å². The summed E-state index contributed by atoms with van der Waals surface area (Å²) in [5, 5.41) is 8.95. The lowest BCUT2D eigenvalue weighted by Crippen LogP contribution is -2.46. The molecule has 1 atom stereocenters. The van der Waals surface area contributed by atoms with Crippen molar-refractivity contribution in [2.75, 3.05) is 13.0 Å². The average Bonchev–Trinajstić information content (AvgIpc) is 2.90. The van der Waals surface area contributed by atoms with E-state index in [-0.39, 0.29) is 11.9 Å². The molecule has 0 radical (unpaired) electrons. The molecule has 1 aromatic heterocycles. The van der Waals surface area contributed by atoms with E-state index in [9.17, 15) is 9.59 Å². The lowest BCUT2D eigenvalue weighted by atomic mass is 9.98. The third kappa shape index (κ3) is 2.34. The van der Waals surface area contributed by atoms with Crippen molar-refractivity contribution in [2.45, 2.75) is 6.04 Å². The predicted molar refractivity (Wildman–Crippen MR) is 68.5 cm³/mol. The maximum absolute atomic E-state index is 11.8. The molecule has 2 heterocycles. The molecule has 1 aromatic rings. The molecule has 1 unspecified atom stereocenters. The molecule has 18 heavy (non-hydrogen) atoms. The van der Waals surface area contributed by atoms with Crippen molar-refractivity contribution in [3.8, 4) is 0 Å². The number of carbonyl (C=O) groups is 2. The Hall–Kier alpha value is -1.53. The molecule has 0 spiro atoms. The van der Waals surface area contributed by atoms with Crippen LogP contribution in [0.5, 0.6) is 0 Å². The average molecular weight is 287 g/mol. The zero-order chi connectivity index (χ0) is 13.1. The second-order valence-corrected chi connectivity index (χ2v) is 4.65. The Morgan fingerprint density at radius 2 is 2.39 bits per heavy atom. The molecule has 0 bridgehead atoms. The number of alkyl halides is 1. The number of halogens is 1. The number of urea groups is 1. The van der Waals surface area contributed by atoms with Crippen molar-refractivity contribution < 1.29 is 14.3 Å². The molecule has 1 aliphatic rings. The Bertz CT molecular complexity index is 498. The number of thiophene rings is 1. The van der Waals surface area contributed by atoms with E-state index in [1.807, 2.05) is 16.8 Å². The third-order valence-corrected chi connectivity index (χ3v) is 3.54. The van der Waals surface area contributed by atoms with Gasteiger partial charge in [0.05, 0.1) is 24.6 Å². The van der Waals surface area contributed by atoms with Gasteiger partial charge in [-0.15, -0.1) is 11.6 Å². The minimum atomic E-state index is -0.522. The van der Waals surface area contributed by atoms with Crippen LogP contribution in [0.2, 0.25) is 0 Å². The number of carbonyl (C=O) groups excluding carboxylic acids is 2. The van der Waals surface area contributed by atoms with Crippen molar-refractivity contribution >= 4 is 34.9 Å². The first kappa shape index (κ1) is 12.9. The maximum Gasteiger partial charge on any atom is 0.338 e. The lowest BCUT2D eigenvalue weighted by Gasteiger charge is -2.27. The van der Waals surface area contributed by atoms with Crippen LogP contribution in [0, 0.1) is 0 Å². The molecule has 2 N–H and O–H groups in total. The summed E-state index contributed by atoms with van der Waals surface area (Å²) >= 11 is 7.25. The Kier molecular flexibility index (Phi) is 3.88. The normalized spacial score (nSPS) is 19.2. The highest BCUT2D eigenvalue weighted by atomic mass is 35.5. The zero-order valence-corrected chi connectivity index (χ0v) is 11.1. The molecule has 96 valence electrons. The van der Waals surface area contributed by atoms with E-state index in [4.69, 9.17) is 16.3 Å². The first-order valence-corrected chi connectivity index (χ1v) is 6.62. The van der Waals surface area contributed by atoms with Crippen LogP contribution >= 0.6 is 22.9 Å². The summed E-state index contributed by atoms with van der Waals surface area (Å²) in [5.74, 6) is -0.465. The molecule has 7 heteroatoms. The van der Waals surface area contributed by atoms with Crippen LogP contribution in [0.25, 0.3) is 0 Å². The van der Waals surface area contributed by atoms with E-state index in [1.165, 1.54) is 18.4 Å². The molecule has 0 fully saturated rings. The highest BCUT2D eigenvalue weighted by Crippen LogP contribution is 2.29. The summed E-state index contributed by atoms with van der Waals surface area (Å²) in [6.07, 6.45) is 0. The Morgan fingerprint density at radius 3 is 2.94 bits per heavy atom. The van der Waals surface area contributed by atoms with Gasteiger partial charge in [0.15, 0.2) is 0 Å². The van der Waals surface area contributed by atoms with Gasteiger partial charge in [0, 0.05) is 5.70 Å². The van der Waals surface area contributed by atoms with Crippen molar-refractivity contribution in [3.05, 3.63) is 33.7 Å². The summed E-state index contributed by atoms with van der Waals surface area (Å²) in [5.41, 5.74) is 1.55. The summed E-state index contributed by atoms with van der Waals surface area (Å²) in [6, 6.07) is 0.941. The molecule has 0 aromatic carbocycles. The van der Waals surface area contributed by atoms with Crippen molar-refractivity contribution in [1.82, 2.24) is 10.6 Å². The van der Waals surface area contributed by atoms with Crippen LogP contribution in [-0.4, -0.2) is 25.0 Å². The van der Waals surface area contributed by atoms with Crippen LogP contribution in [-0.2, 0) is 9.53 Å². The number of rotatable bonds is 3. The van der Waals surface area contributed by atoms with E-state index < -0.39 is 12.0 Å². The number of allylic oxidation sites excluding steroid dienone is 1. The number of esters is 1. The number of ether oxygens (including phenoxy) is 1. The van der Waals surface area contributed by atoms with Crippen LogP contribution in [0.1, 0.15) is 11.6 Å². The first-order chi connectivity index (χ1) is 8.67. The minimum Gasteiger partial charge on any atom is -0.466 e. The molecular formula is C11H11ClN2O3S. The lowest BCUT2D eigenvalue weighted by molar-refractivity contribution is -0.136. The van der Waals surface area contributed by atoms with E-state index in [0.717, 1.165) is 5.56 Å². The van der Waals surface area contributed by atoms with Gasteiger partial charge >= 0.3 is 12.0 Å². The molecule has 0 aliphatic carbocycles. The smallest absolute Gasteiger partial charge is 0.338 e. The van der Waals surface area contributed by atoms with Crippen LogP contribution in [0.15, 0.2) is 28.1 Å². The van der Waals surface area contributed by atoms with Gasteiger partial charge in [-0.3, -0.25) is 0 Å². The van der Waals surface area contributed by atoms with E-state index >= 15 is 0 Å². The highest BCUT2D eigenvalue weighted by Gasteiger charge is 2.33. The van der Waals surface area contributed by atoms with E-state index in [1.54, 1.807) is 0 Å². The molecule has 1 aliphatic heterocycles. The number of hydrogen-bond donors (Lipinski definition) is 2. The molecule has 2 amide bonds. The summed E-state index contributed by atoms with van der Waals surface area (Å²) < 4.78 is 4.74. The fraction of sp³-hybridized carbons (Fsp3) is 0.273. The summed E-state index contributed by atoms with van der Waals surface area (Å²) in [4.78, 5) is 23.4.